The molecule has 0 spiro atoms. The minimum absolute atomic E-state index is 0.113. The van der Waals surface area contributed by atoms with Gasteiger partial charge in [0.1, 0.15) is 0 Å². The summed E-state index contributed by atoms with van der Waals surface area (Å²) >= 11 is 3.86. The van der Waals surface area contributed by atoms with Crippen LogP contribution in [0.1, 0.15) is 21.6 Å². The van der Waals surface area contributed by atoms with E-state index in [1.807, 2.05) is 12.1 Å². The quantitative estimate of drug-likeness (QED) is 0.569. The summed E-state index contributed by atoms with van der Waals surface area (Å²) in [7, 11) is 3.34. The van der Waals surface area contributed by atoms with E-state index < -0.39 is 0 Å². The fraction of sp³-hybridized carbons (Fsp3) is 0.368. The summed E-state index contributed by atoms with van der Waals surface area (Å²) in [6.45, 7) is 2.02. The third-order valence-corrected chi connectivity index (χ3v) is 5.81. The highest BCUT2D eigenvalue weighted by Gasteiger charge is 2.29. The Hall–Kier alpha value is -1.92. The van der Waals surface area contributed by atoms with E-state index in [-0.39, 0.29) is 4.95 Å². The van der Waals surface area contributed by atoms with E-state index in [2.05, 4.69) is 39.0 Å². The van der Waals surface area contributed by atoms with E-state index in [1.54, 1.807) is 14.2 Å². The highest BCUT2D eigenvalue weighted by atomic mass is 79.9. The molecule has 132 valence electrons. The lowest BCUT2D eigenvalue weighted by Gasteiger charge is -2.34. The number of methoxy groups -OCH3 is 2. The Morgan fingerprint density at radius 3 is 2.72 bits per heavy atom. The zero-order chi connectivity index (χ0) is 17.4. The molecule has 0 radical (unpaired) electrons. The van der Waals surface area contributed by atoms with Crippen LogP contribution in [-0.2, 0) is 13.0 Å². The standard InChI is InChI=1S/C19H20BrNO4/c1-22-15-5-3-4-13(18(15)23-2)10-21-7-6-12-8-16-17(25-11-24-16)9-14(12)19(21)20/h3-5,8-9,19H,6-7,10-11H2,1-2H3. The second kappa shape index (κ2) is 6.77. The smallest absolute Gasteiger partial charge is 0.231 e. The van der Waals surface area contributed by atoms with E-state index in [0.29, 0.717) is 6.79 Å². The maximum atomic E-state index is 5.57. The van der Waals surface area contributed by atoms with Crippen LogP contribution >= 0.6 is 15.9 Å². The molecule has 2 aromatic rings. The molecule has 0 amide bonds. The lowest BCUT2D eigenvalue weighted by atomic mass is 9.98. The molecule has 2 heterocycles. The molecule has 0 aromatic heterocycles. The maximum absolute atomic E-state index is 5.57. The number of rotatable bonds is 4. The van der Waals surface area contributed by atoms with Gasteiger partial charge in [-0.2, -0.15) is 0 Å². The summed E-state index contributed by atoms with van der Waals surface area (Å²) < 4.78 is 22.0. The van der Waals surface area contributed by atoms with Crippen molar-refractivity contribution in [3.63, 3.8) is 0 Å². The SMILES string of the molecule is COc1cccc(CN2CCc3cc4c(cc3C2Br)OCO4)c1OC. The zero-order valence-electron chi connectivity index (χ0n) is 14.3. The second-order valence-electron chi connectivity index (χ2n) is 6.11. The van der Waals surface area contributed by atoms with Crippen molar-refractivity contribution in [2.24, 2.45) is 0 Å². The van der Waals surface area contributed by atoms with Crippen LogP contribution in [0.25, 0.3) is 0 Å². The molecule has 0 saturated heterocycles. The molecule has 0 bridgehead atoms. The molecule has 25 heavy (non-hydrogen) atoms. The fourth-order valence-corrected chi connectivity index (χ4v) is 4.24. The Kier molecular flexibility index (Phi) is 4.48. The van der Waals surface area contributed by atoms with Crippen molar-refractivity contribution in [3.05, 3.63) is 47.0 Å². The average Bonchev–Trinajstić information content (AvgIpc) is 3.10. The van der Waals surface area contributed by atoms with Gasteiger partial charge in [0.2, 0.25) is 6.79 Å². The topological polar surface area (TPSA) is 40.2 Å². The first-order valence-electron chi connectivity index (χ1n) is 8.21. The molecule has 5 nitrogen and oxygen atoms in total. The molecule has 2 aliphatic heterocycles. The Morgan fingerprint density at radius 2 is 1.96 bits per heavy atom. The molecule has 2 aromatic carbocycles. The van der Waals surface area contributed by atoms with Gasteiger partial charge in [0.05, 0.1) is 19.2 Å². The number of para-hydroxylation sites is 1. The predicted molar refractivity (Wildman–Crippen MR) is 97.9 cm³/mol. The van der Waals surface area contributed by atoms with E-state index in [0.717, 1.165) is 48.1 Å². The van der Waals surface area contributed by atoms with E-state index in [1.165, 1.54) is 11.1 Å². The number of fused-ring (bicyclic) bond motifs is 2. The molecular weight excluding hydrogens is 386 g/mol. The minimum Gasteiger partial charge on any atom is -0.493 e. The van der Waals surface area contributed by atoms with E-state index in [9.17, 15) is 0 Å². The normalized spacial score (nSPS) is 18.8. The molecule has 0 aliphatic carbocycles. The van der Waals surface area contributed by atoms with Gasteiger partial charge in [-0.15, -0.1) is 0 Å². The third kappa shape index (κ3) is 2.93. The molecule has 1 unspecified atom stereocenters. The fourth-order valence-electron chi connectivity index (χ4n) is 3.47. The Balaban J connectivity index is 1.61. The van der Waals surface area contributed by atoms with Gasteiger partial charge in [-0.1, -0.05) is 28.1 Å². The number of hydrogen-bond acceptors (Lipinski definition) is 5. The van der Waals surface area contributed by atoms with Gasteiger partial charge in [-0.25, -0.2) is 0 Å². The van der Waals surface area contributed by atoms with E-state index in [4.69, 9.17) is 18.9 Å². The largest absolute Gasteiger partial charge is 0.493 e. The molecule has 0 fully saturated rings. The van der Waals surface area contributed by atoms with Crippen LogP contribution in [0.4, 0.5) is 0 Å². The first kappa shape index (κ1) is 16.5. The third-order valence-electron chi connectivity index (χ3n) is 4.74. The summed E-state index contributed by atoms with van der Waals surface area (Å²) in [6.07, 6.45) is 0.973. The Labute approximate surface area is 155 Å². The summed E-state index contributed by atoms with van der Waals surface area (Å²) in [6, 6.07) is 10.2. The van der Waals surface area contributed by atoms with Crippen molar-refractivity contribution in [2.75, 3.05) is 27.6 Å². The Morgan fingerprint density at radius 1 is 1.16 bits per heavy atom. The van der Waals surface area contributed by atoms with Crippen LogP contribution in [0.2, 0.25) is 0 Å². The van der Waals surface area contributed by atoms with Crippen LogP contribution in [-0.4, -0.2) is 32.5 Å². The molecule has 6 heteroatoms. The molecule has 0 N–H and O–H groups in total. The number of hydrogen-bond donors (Lipinski definition) is 0. The number of nitrogens with zero attached hydrogens (tertiary/aromatic N) is 1. The molecule has 2 aliphatic rings. The first-order chi connectivity index (χ1) is 12.2. The van der Waals surface area contributed by atoms with Gasteiger partial charge in [-0.3, -0.25) is 4.90 Å². The predicted octanol–water partition coefficient (Wildman–Crippen LogP) is 3.88. The number of benzene rings is 2. The summed E-state index contributed by atoms with van der Waals surface area (Å²) in [5, 5.41) is 0. The summed E-state index contributed by atoms with van der Waals surface area (Å²) in [5.74, 6) is 3.22. The van der Waals surface area contributed by atoms with Crippen molar-refractivity contribution in [1.82, 2.24) is 4.90 Å². The highest BCUT2D eigenvalue weighted by molar-refractivity contribution is 9.09. The number of halogens is 1. The Bertz CT molecular complexity index is 795. The molecule has 0 saturated carbocycles. The van der Waals surface area contributed by atoms with Crippen LogP contribution in [0, 0.1) is 0 Å². The number of alkyl halides is 1. The lowest BCUT2D eigenvalue weighted by molar-refractivity contribution is 0.174. The van der Waals surface area contributed by atoms with Crippen molar-refractivity contribution in [2.45, 2.75) is 17.9 Å². The van der Waals surface area contributed by atoms with Crippen LogP contribution in [0.15, 0.2) is 30.3 Å². The molecule has 1 atom stereocenters. The first-order valence-corrected chi connectivity index (χ1v) is 9.13. The van der Waals surface area contributed by atoms with Gasteiger partial charge < -0.3 is 18.9 Å². The molecular formula is C19H20BrNO4. The van der Waals surface area contributed by atoms with E-state index >= 15 is 0 Å². The van der Waals surface area contributed by atoms with Crippen molar-refractivity contribution >= 4 is 15.9 Å². The highest BCUT2D eigenvalue weighted by Crippen LogP contribution is 2.43. The van der Waals surface area contributed by atoms with Crippen molar-refractivity contribution < 1.29 is 18.9 Å². The van der Waals surface area contributed by atoms with Crippen molar-refractivity contribution in [1.29, 1.82) is 0 Å². The van der Waals surface area contributed by atoms with Crippen LogP contribution in [0.5, 0.6) is 23.0 Å². The lowest BCUT2D eigenvalue weighted by Crippen LogP contribution is -2.32. The summed E-state index contributed by atoms with van der Waals surface area (Å²) in [5.41, 5.74) is 3.65. The van der Waals surface area contributed by atoms with Crippen LogP contribution in [0.3, 0.4) is 0 Å². The van der Waals surface area contributed by atoms with Gasteiger partial charge in [0, 0.05) is 18.7 Å². The minimum atomic E-state index is 0.113. The van der Waals surface area contributed by atoms with Gasteiger partial charge in [0.25, 0.3) is 0 Å². The second-order valence-corrected chi connectivity index (χ2v) is 6.98. The average molecular weight is 406 g/mol. The van der Waals surface area contributed by atoms with Gasteiger partial charge in [0.15, 0.2) is 23.0 Å². The van der Waals surface area contributed by atoms with Gasteiger partial charge >= 0.3 is 0 Å². The van der Waals surface area contributed by atoms with Crippen molar-refractivity contribution in [3.8, 4) is 23.0 Å². The molecule has 4 rings (SSSR count). The monoisotopic (exact) mass is 405 g/mol. The van der Waals surface area contributed by atoms with Crippen LogP contribution < -0.4 is 18.9 Å². The zero-order valence-corrected chi connectivity index (χ0v) is 15.8. The summed E-state index contributed by atoms with van der Waals surface area (Å²) in [4.78, 5) is 2.49. The van der Waals surface area contributed by atoms with Gasteiger partial charge in [-0.05, 0) is 35.7 Å². The number of ether oxygens (including phenoxy) is 4. The maximum Gasteiger partial charge on any atom is 0.231 e.